The number of aromatic nitrogens is 4. The van der Waals surface area contributed by atoms with E-state index < -0.39 is 5.60 Å². The maximum atomic E-state index is 10.6. The van der Waals surface area contributed by atoms with Crippen LogP contribution < -0.4 is 10.6 Å². The molecule has 2 aromatic heterocycles. The van der Waals surface area contributed by atoms with Crippen LogP contribution in [-0.2, 0) is 6.54 Å². The van der Waals surface area contributed by atoms with Gasteiger partial charge in [-0.25, -0.2) is 4.98 Å². The average molecular weight is 453 g/mol. The van der Waals surface area contributed by atoms with Crippen LogP contribution in [0.15, 0.2) is 24.5 Å². The standard InChI is InChI=1S/C25H36N6O2/c1-5-19(25(3,4)33)28-24-29-22(26-14-17-11-9-10-16(2)21(17)32)20-23(30-24)31(15-27-20)18-12-7-6-8-13-18/h9-11,15,18-19,32-33H,5-8,12-14H2,1-4H3,(H2,26,28,29,30). The van der Waals surface area contributed by atoms with Crippen molar-refractivity contribution in [2.75, 3.05) is 10.6 Å². The van der Waals surface area contributed by atoms with E-state index in [1.807, 2.05) is 38.4 Å². The quantitative estimate of drug-likeness (QED) is 0.384. The van der Waals surface area contributed by atoms with Gasteiger partial charge in [0, 0.05) is 18.2 Å². The molecule has 1 fully saturated rings. The fourth-order valence-electron chi connectivity index (χ4n) is 4.71. The minimum atomic E-state index is -0.919. The molecule has 1 aliphatic carbocycles. The number of phenols is 1. The molecular formula is C25H36N6O2. The number of rotatable bonds is 8. The highest BCUT2D eigenvalue weighted by Gasteiger charge is 2.27. The predicted molar refractivity (Wildman–Crippen MR) is 132 cm³/mol. The van der Waals surface area contributed by atoms with E-state index in [4.69, 9.17) is 9.97 Å². The van der Waals surface area contributed by atoms with Gasteiger partial charge in [-0.3, -0.25) is 0 Å². The Morgan fingerprint density at radius 1 is 1.18 bits per heavy atom. The van der Waals surface area contributed by atoms with Gasteiger partial charge in [0.05, 0.1) is 18.0 Å². The van der Waals surface area contributed by atoms with Gasteiger partial charge in [-0.15, -0.1) is 0 Å². The van der Waals surface area contributed by atoms with Crippen LogP contribution in [0, 0.1) is 6.92 Å². The molecule has 3 aromatic rings. The number of hydrogen-bond acceptors (Lipinski definition) is 7. The molecule has 0 radical (unpaired) electrons. The van der Waals surface area contributed by atoms with Gasteiger partial charge in [-0.1, -0.05) is 44.4 Å². The van der Waals surface area contributed by atoms with Gasteiger partial charge >= 0.3 is 0 Å². The second-order valence-corrected chi connectivity index (χ2v) is 9.71. The summed E-state index contributed by atoms with van der Waals surface area (Å²) in [4.78, 5) is 14.2. The van der Waals surface area contributed by atoms with Crippen LogP contribution in [0.3, 0.4) is 0 Å². The molecule has 33 heavy (non-hydrogen) atoms. The van der Waals surface area contributed by atoms with E-state index in [1.54, 1.807) is 13.8 Å². The normalized spacial score (nSPS) is 16.2. The minimum absolute atomic E-state index is 0.199. The molecule has 0 aliphatic heterocycles. The third-order valence-corrected chi connectivity index (χ3v) is 6.72. The molecule has 0 bridgehead atoms. The van der Waals surface area contributed by atoms with Crippen LogP contribution in [0.25, 0.3) is 11.2 Å². The number of anilines is 2. The number of fused-ring (bicyclic) bond motifs is 1. The second-order valence-electron chi connectivity index (χ2n) is 9.71. The Hall–Kier alpha value is -2.87. The first-order chi connectivity index (χ1) is 15.8. The maximum Gasteiger partial charge on any atom is 0.227 e. The van der Waals surface area contributed by atoms with Crippen molar-refractivity contribution in [3.8, 4) is 5.75 Å². The number of para-hydroxylation sites is 1. The number of benzene rings is 1. The van der Waals surface area contributed by atoms with E-state index in [9.17, 15) is 10.2 Å². The topological polar surface area (TPSA) is 108 Å². The number of nitrogens with zero attached hydrogens (tertiary/aromatic N) is 4. The molecule has 1 aromatic carbocycles. The van der Waals surface area contributed by atoms with Crippen LogP contribution in [0.5, 0.6) is 5.75 Å². The Morgan fingerprint density at radius 3 is 2.64 bits per heavy atom. The highest BCUT2D eigenvalue weighted by atomic mass is 16.3. The van der Waals surface area contributed by atoms with Gasteiger partial charge in [0.25, 0.3) is 0 Å². The van der Waals surface area contributed by atoms with E-state index in [-0.39, 0.29) is 11.8 Å². The lowest BCUT2D eigenvalue weighted by Crippen LogP contribution is -2.41. The maximum absolute atomic E-state index is 10.6. The number of hydrogen-bond donors (Lipinski definition) is 4. The lowest BCUT2D eigenvalue weighted by molar-refractivity contribution is 0.0577. The van der Waals surface area contributed by atoms with E-state index >= 15 is 0 Å². The SMILES string of the molecule is CCC(Nc1nc(NCc2cccc(C)c2O)c2ncn(C3CCCCC3)c2n1)C(C)(C)O. The molecule has 8 heteroatoms. The van der Waals surface area contributed by atoms with Gasteiger partial charge < -0.3 is 25.4 Å². The third kappa shape index (κ3) is 5.05. The highest BCUT2D eigenvalue weighted by Crippen LogP contribution is 2.32. The number of nitrogens with one attached hydrogen (secondary N) is 2. The van der Waals surface area contributed by atoms with Gasteiger partial charge in [0.15, 0.2) is 17.0 Å². The molecule has 4 rings (SSSR count). The van der Waals surface area contributed by atoms with Crippen LogP contribution in [-0.4, -0.2) is 41.4 Å². The fourth-order valence-corrected chi connectivity index (χ4v) is 4.71. The fraction of sp³-hybridized carbons (Fsp3) is 0.560. The molecule has 8 nitrogen and oxygen atoms in total. The third-order valence-electron chi connectivity index (χ3n) is 6.72. The number of phenolic OH excluding ortho intramolecular Hbond substituents is 1. The van der Waals surface area contributed by atoms with Gasteiger partial charge in [-0.05, 0) is 45.6 Å². The molecule has 0 amide bonds. The number of aliphatic hydroxyl groups is 1. The Labute approximate surface area is 195 Å². The van der Waals surface area contributed by atoms with Crippen molar-refractivity contribution in [2.45, 2.75) is 90.4 Å². The molecule has 1 saturated carbocycles. The summed E-state index contributed by atoms with van der Waals surface area (Å²) in [5.74, 6) is 1.36. The first kappa shape index (κ1) is 23.3. The van der Waals surface area contributed by atoms with Crippen molar-refractivity contribution in [3.63, 3.8) is 0 Å². The molecule has 178 valence electrons. The molecule has 0 saturated heterocycles. The molecular weight excluding hydrogens is 416 g/mol. The Kier molecular flexibility index (Phi) is 6.74. The van der Waals surface area contributed by atoms with Crippen molar-refractivity contribution in [2.24, 2.45) is 0 Å². The largest absolute Gasteiger partial charge is 0.507 e. The van der Waals surface area contributed by atoms with Crippen molar-refractivity contribution in [3.05, 3.63) is 35.7 Å². The summed E-state index contributed by atoms with van der Waals surface area (Å²) in [6.45, 7) is 7.91. The number of aryl methyl sites for hydroxylation is 1. The Bertz CT molecular complexity index is 1100. The van der Waals surface area contributed by atoms with Crippen LogP contribution in [0.4, 0.5) is 11.8 Å². The van der Waals surface area contributed by atoms with Gasteiger partial charge in [-0.2, -0.15) is 9.97 Å². The zero-order valence-electron chi connectivity index (χ0n) is 20.1. The smallest absolute Gasteiger partial charge is 0.227 e. The minimum Gasteiger partial charge on any atom is -0.507 e. The second kappa shape index (κ2) is 9.55. The van der Waals surface area contributed by atoms with Crippen molar-refractivity contribution < 1.29 is 10.2 Å². The predicted octanol–water partition coefficient (Wildman–Crippen LogP) is 4.92. The van der Waals surface area contributed by atoms with E-state index in [0.717, 1.165) is 41.6 Å². The van der Waals surface area contributed by atoms with Crippen molar-refractivity contribution in [1.29, 1.82) is 0 Å². The zero-order valence-corrected chi connectivity index (χ0v) is 20.1. The summed E-state index contributed by atoms with van der Waals surface area (Å²) in [5.41, 5.74) is 2.22. The molecule has 1 aliphatic rings. The lowest BCUT2D eigenvalue weighted by atomic mass is 9.95. The number of imidazole rings is 1. The summed E-state index contributed by atoms with van der Waals surface area (Å²) in [7, 11) is 0. The molecule has 0 spiro atoms. The first-order valence-corrected chi connectivity index (χ1v) is 12.0. The number of aromatic hydroxyl groups is 1. The highest BCUT2D eigenvalue weighted by molar-refractivity contribution is 5.84. The summed E-state index contributed by atoms with van der Waals surface area (Å²) in [5, 5.41) is 27.7. The lowest BCUT2D eigenvalue weighted by Gasteiger charge is -2.29. The summed E-state index contributed by atoms with van der Waals surface area (Å²) >= 11 is 0. The van der Waals surface area contributed by atoms with Crippen molar-refractivity contribution >= 4 is 22.9 Å². The van der Waals surface area contributed by atoms with Gasteiger partial charge in [0.2, 0.25) is 5.95 Å². The van der Waals surface area contributed by atoms with Crippen LogP contribution >= 0.6 is 0 Å². The van der Waals surface area contributed by atoms with E-state index in [0.29, 0.717) is 24.4 Å². The molecule has 1 atom stereocenters. The molecule has 2 heterocycles. The zero-order chi connectivity index (χ0) is 23.6. The Morgan fingerprint density at radius 2 is 1.94 bits per heavy atom. The Balaban J connectivity index is 1.71. The summed E-state index contributed by atoms with van der Waals surface area (Å²) in [6.07, 6.45) is 8.57. The van der Waals surface area contributed by atoms with Crippen LogP contribution in [0.1, 0.15) is 76.5 Å². The van der Waals surface area contributed by atoms with E-state index in [2.05, 4.69) is 20.2 Å². The monoisotopic (exact) mass is 452 g/mol. The summed E-state index contributed by atoms with van der Waals surface area (Å²) in [6, 6.07) is 5.90. The average Bonchev–Trinajstić information content (AvgIpc) is 3.22. The first-order valence-electron chi connectivity index (χ1n) is 12.0. The van der Waals surface area contributed by atoms with Gasteiger partial charge in [0.1, 0.15) is 5.75 Å². The summed E-state index contributed by atoms with van der Waals surface area (Å²) < 4.78 is 2.18. The van der Waals surface area contributed by atoms with Crippen LogP contribution in [0.2, 0.25) is 0 Å². The molecule has 1 unspecified atom stereocenters. The van der Waals surface area contributed by atoms with Crippen molar-refractivity contribution in [1.82, 2.24) is 19.5 Å². The van der Waals surface area contributed by atoms with E-state index in [1.165, 1.54) is 19.3 Å². The molecule has 4 N–H and O–H groups in total.